The molecule has 2 aliphatic heterocycles. The highest BCUT2D eigenvalue weighted by Crippen LogP contribution is 2.27. The fraction of sp³-hybridized carbons (Fsp3) is 1.00. The predicted molar refractivity (Wildman–Crippen MR) is 70.6 cm³/mol. The third kappa shape index (κ3) is 3.65. The number of nitrogens with two attached hydrogens (primary N) is 1. The molecule has 2 rings (SSSR count). The van der Waals surface area contributed by atoms with E-state index in [0.29, 0.717) is 0 Å². The Bertz CT molecular complexity index is 349. The first-order valence-corrected chi connectivity index (χ1v) is 7.17. The molecule has 0 spiro atoms. The van der Waals surface area contributed by atoms with Crippen LogP contribution in [0.2, 0.25) is 0 Å². The van der Waals surface area contributed by atoms with Crippen LogP contribution >= 0.6 is 0 Å². The first kappa shape index (κ1) is 18.9. The third-order valence-corrected chi connectivity index (χ3v) is 4.02. The van der Waals surface area contributed by atoms with Crippen LogP contribution in [0, 0.1) is 0 Å². The molecule has 0 saturated carbocycles. The van der Waals surface area contributed by atoms with Gasteiger partial charge in [-0.1, -0.05) is 0 Å². The van der Waals surface area contributed by atoms with Crippen molar-refractivity contribution in [1.29, 1.82) is 0 Å². The zero-order valence-corrected chi connectivity index (χ0v) is 12.1. The highest BCUT2D eigenvalue weighted by molar-refractivity contribution is 4.92. The van der Waals surface area contributed by atoms with Crippen molar-refractivity contribution in [3.05, 3.63) is 0 Å². The summed E-state index contributed by atoms with van der Waals surface area (Å²) in [7, 11) is 0. The van der Waals surface area contributed by atoms with E-state index in [0.717, 1.165) is 0 Å². The molecular weight excluding hydrogens is 318 g/mol. The monoisotopic (exact) mass is 341 g/mol. The summed E-state index contributed by atoms with van der Waals surface area (Å²) in [5.41, 5.74) is 5.39. The Hall–Kier alpha value is -0.440. The van der Waals surface area contributed by atoms with E-state index in [1.165, 1.54) is 0 Å². The van der Waals surface area contributed by atoms with Gasteiger partial charge in [-0.25, -0.2) is 0 Å². The molecule has 11 nitrogen and oxygen atoms in total. The van der Waals surface area contributed by atoms with Gasteiger partial charge in [0.1, 0.15) is 48.8 Å². The standard InChI is InChI=1S/C12H23NO10/c13-1-3-5(15)7(17)9(19)11(21-3)23-12-10(20)8(18)6(16)4(2-14)22-12/h3-12,14-20H,1-2,13H2. The Labute approximate surface area is 131 Å². The number of aliphatic hydroxyl groups is 7. The van der Waals surface area contributed by atoms with E-state index in [2.05, 4.69) is 0 Å². The number of rotatable bonds is 4. The van der Waals surface area contributed by atoms with Gasteiger partial charge in [0, 0.05) is 6.54 Å². The SMILES string of the molecule is NCC1OC(OC2OC(CO)C(O)C(O)C2O)C(O)C(O)C1O. The number of hydrogen-bond acceptors (Lipinski definition) is 11. The molecule has 0 radical (unpaired) electrons. The molecular formula is C12H23NO10. The molecule has 0 aromatic heterocycles. The molecule has 2 heterocycles. The van der Waals surface area contributed by atoms with Crippen molar-refractivity contribution in [2.45, 2.75) is 61.4 Å². The summed E-state index contributed by atoms with van der Waals surface area (Å²) in [5.74, 6) is 0. The van der Waals surface area contributed by atoms with Gasteiger partial charge in [0.05, 0.1) is 6.61 Å². The second kappa shape index (κ2) is 7.63. The molecule has 10 atom stereocenters. The summed E-state index contributed by atoms with van der Waals surface area (Å²) in [6, 6.07) is 0. The normalized spacial score (nSPS) is 51.7. The molecule has 2 saturated heterocycles. The van der Waals surface area contributed by atoms with Gasteiger partial charge in [0.2, 0.25) is 0 Å². The van der Waals surface area contributed by atoms with Crippen molar-refractivity contribution in [3.8, 4) is 0 Å². The smallest absolute Gasteiger partial charge is 0.189 e. The lowest BCUT2D eigenvalue weighted by molar-refractivity contribution is -0.374. The fourth-order valence-electron chi connectivity index (χ4n) is 2.54. The molecule has 0 bridgehead atoms. The minimum absolute atomic E-state index is 0.167. The van der Waals surface area contributed by atoms with Gasteiger partial charge in [0.25, 0.3) is 0 Å². The molecule has 11 heteroatoms. The van der Waals surface area contributed by atoms with Crippen LogP contribution in [0.25, 0.3) is 0 Å². The largest absolute Gasteiger partial charge is 0.394 e. The van der Waals surface area contributed by atoms with Gasteiger partial charge in [0.15, 0.2) is 12.6 Å². The van der Waals surface area contributed by atoms with Gasteiger partial charge >= 0.3 is 0 Å². The third-order valence-electron chi connectivity index (χ3n) is 4.02. The van der Waals surface area contributed by atoms with Crippen LogP contribution in [0.1, 0.15) is 0 Å². The van der Waals surface area contributed by atoms with Crippen molar-refractivity contribution < 1.29 is 50.0 Å². The quantitative estimate of drug-likeness (QED) is 0.243. The molecule has 0 amide bonds. The second-order valence-corrected chi connectivity index (χ2v) is 5.58. The number of hydrogen-bond donors (Lipinski definition) is 8. The van der Waals surface area contributed by atoms with Crippen molar-refractivity contribution in [2.24, 2.45) is 5.73 Å². The topological polar surface area (TPSA) is 195 Å². The lowest BCUT2D eigenvalue weighted by atomic mass is 9.98. The first-order chi connectivity index (χ1) is 10.8. The van der Waals surface area contributed by atoms with Gasteiger partial charge < -0.3 is 55.7 Å². The predicted octanol–water partition coefficient (Wildman–Crippen LogP) is -5.43. The van der Waals surface area contributed by atoms with E-state index in [-0.39, 0.29) is 6.54 Å². The number of aliphatic hydroxyl groups excluding tert-OH is 7. The summed E-state index contributed by atoms with van der Waals surface area (Å²) in [4.78, 5) is 0. The summed E-state index contributed by atoms with van der Waals surface area (Å²) in [6.45, 7) is -0.814. The van der Waals surface area contributed by atoms with Crippen LogP contribution in [0.5, 0.6) is 0 Å². The van der Waals surface area contributed by atoms with Gasteiger partial charge in [-0.3, -0.25) is 0 Å². The average molecular weight is 341 g/mol. The Morgan fingerprint density at radius 3 is 1.57 bits per heavy atom. The van der Waals surface area contributed by atoms with Crippen LogP contribution in [-0.4, -0.2) is 110 Å². The van der Waals surface area contributed by atoms with E-state index in [9.17, 15) is 30.6 Å². The molecule has 0 aromatic carbocycles. The maximum atomic E-state index is 9.88. The van der Waals surface area contributed by atoms with Gasteiger partial charge in [-0.2, -0.15) is 0 Å². The molecule has 0 aliphatic carbocycles. The highest BCUT2D eigenvalue weighted by Gasteiger charge is 2.49. The Morgan fingerprint density at radius 2 is 1.13 bits per heavy atom. The van der Waals surface area contributed by atoms with Crippen LogP contribution in [0.15, 0.2) is 0 Å². The van der Waals surface area contributed by atoms with E-state index < -0.39 is 68.0 Å². The average Bonchev–Trinajstić information content (AvgIpc) is 2.55. The molecule has 2 fully saturated rings. The minimum atomic E-state index is -1.69. The van der Waals surface area contributed by atoms with Crippen LogP contribution < -0.4 is 5.73 Å². The Morgan fingerprint density at radius 1 is 0.696 bits per heavy atom. The number of ether oxygens (including phenoxy) is 3. The summed E-state index contributed by atoms with van der Waals surface area (Å²) < 4.78 is 15.5. The van der Waals surface area contributed by atoms with E-state index in [1.54, 1.807) is 0 Å². The van der Waals surface area contributed by atoms with E-state index in [1.807, 2.05) is 0 Å². The zero-order chi connectivity index (χ0) is 17.3. The molecule has 0 aromatic rings. The van der Waals surface area contributed by atoms with E-state index >= 15 is 0 Å². The van der Waals surface area contributed by atoms with Crippen LogP contribution in [-0.2, 0) is 14.2 Å². The first-order valence-electron chi connectivity index (χ1n) is 7.17. The fourth-order valence-corrected chi connectivity index (χ4v) is 2.54. The lowest BCUT2D eigenvalue weighted by Crippen LogP contribution is -2.64. The molecule has 10 unspecified atom stereocenters. The molecule has 2 aliphatic rings. The van der Waals surface area contributed by atoms with Gasteiger partial charge in [-0.05, 0) is 0 Å². The van der Waals surface area contributed by atoms with Crippen LogP contribution in [0.3, 0.4) is 0 Å². The van der Waals surface area contributed by atoms with Gasteiger partial charge in [-0.15, -0.1) is 0 Å². The maximum Gasteiger partial charge on any atom is 0.189 e. The van der Waals surface area contributed by atoms with Crippen molar-refractivity contribution in [1.82, 2.24) is 0 Å². The van der Waals surface area contributed by atoms with Crippen molar-refractivity contribution in [2.75, 3.05) is 13.2 Å². The Balaban J connectivity index is 2.07. The van der Waals surface area contributed by atoms with Crippen LogP contribution in [0.4, 0.5) is 0 Å². The Kier molecular flexibility index (Phi) is 6.27. The minimum Gasteiger partial charge on any atom is -0.394 e. The summed E-state index contributed by atoms with van der Waals surface area (Å²) in [6.07, 6.45) is -14.9. The van der Waals surface area contributed by atoms with Crippen molar-refractivity contribution in [3.63, 3.8) is 0 Å². The van der Waals surface area contributed by atoms with E-state index in [4.69, 9.17) is 25.1 Å². The van der Waals surface area contributed by atoms with Crippen molar-refractivity contribution >= 4 is 0 Å². The molecule has 136 valence electrons. The lowest BCUT2D eigenvalue weighted by Gasteiger charge is -2.44. The molecule has 9 N–H and O–H groups in total. The molecule has 23 heavy (non-hydrogen) atoms. The zero-order valence-electron chi connectivity index (χ0n) is 12.1. The highest BCUT2D eigenvalue weighted by atomic mass is 16.8. The maximum absolute atomic E-state index is 9.88. The summed E-state index contributed by atoms with van der Waals surface area (Å²) in [5, 5.41) is 67.6. The second-order valence-electron chi connectivity index (χ2n) is 5.58. The summed E-state index contributed by atoms with van der Waals surface area (Å²) >= 11 is 0.